The fraction of sp³-hybridized carbons (Fsp3) is 0.320. The summed E-state index contributed by atoms with van der Waals surface area (Å²) >= 11 is 0. The van der Waals surface area contributed by atoms with Crippen molar-refractivity contribution >= 4 is 39.6 Å². The third-order valence-electron chi connectivity index (χ3n) is 5.67. The Bertz CT molecular complexity index is 1260. The van der Waals surface area contributed by atoms with Crippen molar-refractivity contribution in [2.24, 2.45) is 5.92 Å². The monoisotopic (exact) mass is 430 g/mol. The molecule has 4 aromatic rings. The summed E-state index contributed by atoms with van der Waals surface area (Å²) in [4.78, 5) is 22.9. The van der Waals surface area contributed by atoms with Crippen molar-refractivity contribution in [3.63, 3.8) is 0 Å². The predicted molar refractivity (Wildman–Crippen MR) is 131 cm³/mol. The first-order chi connectivity index (χ1) is 15.3. The van der Waals surface area contributed by atoms with Gasteiger partial charge < -0.3 is 16.8 Å². The van der Waals surface area contributed by atoms with E-state index in [1.807, 2.05) is 43.3 Å². The van der Waals surface area contributed by atoms with Gasteiger partial charge >= 0.3 is 0 Å². The molecule has 166 valence electrons. The van der Waals surface area contributed by atoms with Crippen molar-refractivity contribution < 1.29 is 4.79 Å². The smallest absolute Gasteiger partial charge is 0.257 e. The second-order valence-electron chi connectivity index (χ2n) is 8.77. The zero-order valence-corrected chi connectivity index (χ0v) is 18.8. The summed E-state index contributed by atoms with van der Waals surface area (Å²) in [5.41, 5.74) is 16.7. The molecule has 0 saturated carbocycles. The molecule has 4 rings (SSSR count). The van der Waals surface area contributed by atoms with Crippen molar-refractivity contribution in [1.29, 1.82) is 0 Å². The van der Waals surface area contributed by atoms with Crippen LogP contribution in [0.4, 0.5) is 11.5 Å². The zero-order chi connectivity index (χ0) is 22.8. The Labute approximate surface area is 187 Å². The Morgan fingerprint density at radius 1 is 0.969 bits per heavy atom. The van der Waals surface area contributed by atoms with Crippen LogP contribution in [0.15, 0.2) is 48.5 Å². The maximum Gasteiger partial charge on any atom is 0.257 e. The minimum absolute atomic E-state index is 0.0315. The van der Waals surface area contributed by atoms with E-state index in [1.54, 1.807) is 16.7 Å². The lowest BCUT2D eigenvalue weighted by molar-refractivity contribution is 0.0940. The summed E-state index contributed by atoms with van der Waals surface area (Å²) in [6.45, 7) is 6.44. The standard InChI is InChI=1S/C25H30N6O/c1-15(2)7-6-8-16(3)28-25(32)21-22-24(30-20-10-5-4-9-19(20)29-22)31(23(21)27)18-13-11-17(26)12-14-18/h4-5,9-16H,6-8,26-27H2,1-3H3,(H,28,32)/t16-/m1/s1. The summed E-state index contributed by atoms with van der Waals surface area (Å²) in [7, 11) is 0. The van der Waals surface area contributed by atoms with E-state index in [0.717, 1.165) is 30.5 Å². The Morgan fingerprint density at radius 3 is 2.28 bits per heavy atom. The Morgan fingerprint density at radius 2 is 1.62 bits per heavy atom. The number of hydrogen-bond donors (Lipinski definition) is 3. The molecule has 32 heavy (non-hydrogen) atoms. The van der Waals surface area contributed by atoms with Crippen LogP contribution in [0.1, 0.15) is 50.4 Å². The van der Waals surface area contributed by atoms with E-state index in [0.29, 0.717) is 39.7 Å². The Hall–Kier alpha value is -3.61. The lowest BCUT2D eigenvalue weighted by Gasteiger charge is -2.14. The van der Waals surface area contributed by atoms with Gasteiger partial charge in [0.15, 0.2) is 5.65 Å². The summed E-state index contributed by atoms with van der Waals surface area (Å²) in [6.07, 6.45) is 3.11. The summed E-state index contributed by atoms with van der Waals surface area (Å²) in [5.74, 6) is 0.727. The van der Waals surface area contributed by atoms with E-state index in [1.165, 1.54) is 0 Å². The van der Waals surface area contributed by atoms with Gasteiger partial charge in [-0.25, -0.2) is 9.97 Å². The van der Waals surface area contributed by atoms with Crippen LogP contribution < -0.4 is 16.8 Å². The number of fused-ring (bicyclic) bond motifs is 2. The minimum Gasteiger partial charge on any atom is -0.399 e. The van der Waals surface area contributed by atoms with Gasteiger partial charge in [-0.15, -0.1) is 0 Å². The average molecular weight is 431 g/mol. The van der Waals surface area contributed by atoms with E-state index < -0.39 is 0 Å². The van der Waals surface area contributed by atoms with Crippen LogP contribution in [0.5, 0.6) is 0 Å². The normalized spacial score (nSPS) is 12.5. The third-order valence-corrected chi connectivity index (χ3v) is 5.67. The van der Waals surface area contributed by atoms with Gasteiger partial charge in [0.2, 0.25) is 0 Å². The quantitative estimate of drug-likeness (QED) is 0.369. The summed E-state index contributed by atoms with van der Waals surface area (Å²) < 4.78 is 1.77. The zero-order valence-electron chi connectivity index (χ0n) is 18.8. The summed E-state index contributed by atoms with van der Waals surface area (Å²) in [6, 6.07) is 14.9. The van der Waals surface area contributed by atoms with E-state index in [-0.39, 0.29) is 11.9 Å². The lowest BCUT2D eigenvalue weighted by Crippen LogP contribution is -2.33. The molecule has 7 nitrogen and oxygen atoms in total. The van der Waals surface area contributed by atoms with Gasteiger partial charge in [0.25, 0.3) is 5.91 Å². The van der Waals surface area contributed by atoms with Crippen LogP contribution in [0.2, 0.25) is 0 Å². The molecule has 0 aliphatic carbocycles. The SMILES string of the molecule is CC(C)CCC[C@@H](C)NC(=O)c1c(N)n(-c2ccc(N)cc2)c2nc3ccccc3nc12. The molecule has 1 atom stereocenters. The fourth-order valence-electron chi connectivity index (χ4n) is 3.97. The van der Waals surface area contributed by atoms with Crippen molar-refractivity contribution in [1.82, 2.24) is 19.9 Å². The molecule has 1 amide bonds. The minimum atomic E-state index is -0.233. The molecule has 2 aromatic carbocycles. The molecule has 0 aliphatic rings. The number of aromatic nitrogens is 3. The van der Waals surface area contributed by atoms with Crippen molar-refractivity contribution in [2.75, 3.05) is 11.5 Å². The molecule has 5 N–H and O–H groups in total. The van der Waals surface area contributed by atoms with Crippen LogP contribution in [0.3, 0.4) is 0 Å². The van der Waals surface area contributed by atoms with Crippen LogP contribution in [0.25, 0.3) is 27.9 Å². The Balaban J connectivity index is 1.79. The maximum absolute atomic E-state index is 13.3. The summed E-state index contributed by atoms with van der Waals surface area (Å²) in [5, 5.41) is 3.10. The van der Waals surface area contributed by atoms with Gasteiger partial charge in [-0.05, 0) is 55.7 Å². The number of benzene rings is 2. The average Bonchev–Trinajstić information content (AvgIpc) is 3.03. The van der Waals surface area contributed by atoms with Crippen molar-refractivity contribution in [3.8, 4) is 5.69 Å². The van der Waals surface area contributed by atoms with Crippen LogP contribution >= 0.6 is 0 Å². The molecule has 0 radical (unpaired) electrons. The van der Waals surface area contributed by atoms with Crippen molar-refractivity contribution in [2.45, 2.75) is 46.1 Å². The maximum atomic E-state index is 13.3. The number of nitrogen functional groups attached to an aromatic ring is 2. The molecule has 2 heterocycles. The van der Waals surface area contributed by atoms with E-state index >= 15 is 0 Å². The number of para-hydroxylation sites is 2. The van der Waals surface area contributed by atoms with E-state index in [9.17, 15) is 4.79 Å². The largest absolute Gasteiger partial charge is 0.399 e. The molecular weight excluding hydrogens is 400 g/mol. The fourth-order valence-corrected chi connectivity index (χ4v) is 3.97. The van der Waals surface area contributed by atoms with E-state index in [2.05, 4.69) is 19.2 Å². The van der Waals surface area contributed by atoms with Crippen LogP contribution in [-0.4, -0.2) is 26.5 Å². The number of carbonyl (C=O) groups is 1. The molecule has 0 unspecified atom stereocenters. The second kappa shape index (κ2) is 8.86. The number of carbonyl (C=O) groups excluding carboxylic acids is 1. The van der Waals surface area contributed by atoms with Crippen molar-refractivity contribution in [3.05, 3.63) is 54.1 Å². The number of rotatable bonds is 7. The first kappa shape index (κ1) is 21.6. The number of nitrogens with one attached hydrogen (secondary N) is 1. The number of anilines is 2. The van der Waals surface area contributed by atoms with Gasteiger partial charge in [-0.1, -0.05) is 38.8 Å². The predicted octanol–water partition coefficient (Wildman–Crippen LogP) is 4.68. The molecule has 7 heteroatoms. The van der Waals surface area contributed by atoms with Gasteiger partial charge in [0.1, 0.15) is 16.9 Å². The van der Waals surface area contributed by atoms with Gasteiger partial charge in [0, 0.05) is 17.4 Å². The highest BCUT2D eigenvalue weighted by Crippen LogP contribution is 2.31. The first-order valence-electron chi connectivity index (χ1n) is 11.1. The number of nitrogens with zero attached hydrogens (tertiary/aromatic N) is 3. The van der Waals surface area contributed by atoms with Crippen LogP contribution in [0, 0.1) is 5.92 Å². The second-order valence-corrected chi connectivity index (χ2v) is 8.77. The number of hydrogen-bond acceptors (Lipinski definition) is 5. The van der Waals surface area contributed by atoms with E-state index in [4.69, 9.17) is 21.4 Å². The Kier molecular flexibility index (Phi) is 5.99. The highest BCUT2D eigenvalue weighted by atomic mass is 16.1. The topological polar surface area (TPSA) is 112 Å². The highest BCUT2D eigenvalue weighted by molar-refractivity contribution is 6.11. The lowest BCUT2D eigenvalue weighted by atomic mass is 10.0. The number of nitrogens with two attached hydrogens (primary N) is 2. The van der Waals surface area contributed by atoms with Gasteiger partial charge in [-0.2, -0.15) is 0 Å². The molecule has 0 bridgehead atoms. The first-order valence-corrected chi connectivity index (χ1v) is 11.1. The van der Waals surface area contributed by atoms with Gasteiger partial charge in [0.05, 0.1) is 11.0 Å². The van der Waals surface area contributed by atoms with Gasteiger partial charge in [-0.3, -0.25) is 9.36 Å². The molecule has 0 fully saturated rings. The molecule has 0 spiro atoms. The molecule has 2 aromatic heterocycles. The molecular formula is C25H30N6O. The number of amides is 1. The molecule has 0 aliphatic heterocycles. The van der Waals surface area contributed by atoms with Crippen LogP contribution in [-0.2, 0) is 0 Å². The highest BCUT2D eigenvalue weighted by Gasteiger charge is 2.25. The third kappa shape index (κ3) is 4.23. The molecule has 0 saturated heterocycles.